The molecule has 1 nitrogen and oxygen atoms in total. The molecule has 0 saturated heterocycles. The Balaban J connectivity index is 2.69. The lowest BCUT2D eigenvalue weighted by Gasteiger charge is -1.99. The smallest absolute Gasteiger partial charge is 0.0498 e. The van der Waals surface area contributed by atoms with E-state index < -0.39 is 10.8 Å². The van der Waals surface area contributed by atoms with Gasteiger partial charge in [-0.05, 0) is 22.9 Å². The maximum Gasteiger partial charge on any atom is 0.0498 e. The molecule has 2 aromatic carbocycles. The summed E-state index contributed by atoms with van der Waals surface area (Å²) in [5.41, 5.74) is 0. The van der Waals surface area contributed by atoms with E-state index in [-0.39, 0.29) is 0 Å². The lowest BCUT2D eigenvalue weighted by atomic mass is 10.1. The molecule has 2 rings (SSSR count). The lowest BCUT2D eigenvalue weighted by Crippen LogP contribution is -1.86. The van der Waals surface area contributed by atoms with Gasteiger partial charge in [0.1, 0.15) is 0 Å². The summed E-state index contributed by atoms with van der Waals surface area (Å²) in [6, 6.07) is 14.0. The monoisotopic (exact) mass is 190 g/mol. The molecule has 0 aliphatic carbocycles. The quantitative estimate of drug-likeness (QED) is 0.675. The topological polar surface area (TPSA) is 17.1 Å². The third-order valence-corrected chi connectivity index (χ3v) is 2.97. The van der Waals surface area contributed by atoms with Gasteiger partial charge in [-0.15, -0.1) is 0 Å². The number of fused-ring (bicyclic) bond motifs is 1. The molecule has 0 fully saturated rings. The van der Waals surface area contributed by atoms with E-state index in [9.17, 15) is 4.21 Å². The van der Waals surface area contributed by atoms with E-state index in [2.05, 4.69) is 6.07 Å². The van der Waals surface area contributed by atoms with Crippen LogP contribution in [0.25, 0.3) is 10.8 Å². The summed E-state index contributed by atoms with van der Waals surface area (Å²) in [5.74, 6) is 0. The van der Waals surface area contributed by atoms with Crippen LogP contribution in [-0.2, 0) is 10.8 Å². The highest BCUT2D eigenvalue weighted by molar-refractivity contribution is 7.84. The highest BCUT2D eigenvalue weighted by Gasteiger charge is 1.97. The Morgan fingerprint density at radius 2 is 1.69 bits per heavy atom. The van der Waals surface area contributed by atoms with E-state index in [0.717, 1.165) is 10.3 Å². The van der Waals surface area contributed by atoms with Crippen molar-refractivity contribution in [1.82, 2.24) is 0 Å². The number of hydrogen-bond acceptors (Lipinski definition) is 1. The molecule has 0 aliphatic rings. The van der Waals surface area contributed by atoms with Crippen molar-refractivity contribution < 1.29 is 4.21 Å². The second kappa shape index (κ2) is 3.30. The molecule has 0 aromatic heterocycles. The molecule has 13 heavy (non-hydrogen) atoms. The standard InChI is InChI=1S/C11H10OS/c1-13(12)11-7-6-9-4-2-3-5-10(9)8-11/h2-8H,1H3/t13-/m0/s1. The fraction of sp³-hybridized carbons (Fsp3) is 0.0909. The van der Waals surface area contributed by atoms with Crippen molar-refractivity contribution in [2.45, 2.75) is 4.90 Å². The minimum Gasteiger partial charge on any atom is -0.255 e. The molecule has 0 N–H and O–H groups in total. The van der Waals surface area contributed by atoms with E-state index in [1.807, 2.05) is 36.4 Å². The molecule has 0 spiro atoms. The van der Waals surface area contributed by atoms with E-state index in [1.54, 1.807) is 6.26 Å². The predicted octanol–water partition coefficient (Wildman–Crippen LogP) is 2.58. The van der Waals surface area contributed by atoms with Gasteiger partial charge < -0.3 is 0 Å². The zero-order valence-corrected chi connectivity index (χ0v) is 8.17. The summed E-state index contributed by atoms with van der Waals surface area (Å²) in [7, 11) is -0.885. The van der Waals surface area contributed by atoms with Gasteiger partial charge in [0.05, 0.1) is 0 Å². The first-order chi connectivity index (χ1) is 6.27. The van der Waals surface area contributed by atoms with Crippen molar-refractivity contribution in [3.63, 3.8) is 0 Å². The molecule has 0 radical (unpaired) electrons. The van der Waals surface area contributed by atoms with Crippen molar-refractivity contribution in [1.29, 1.82) is 0 Å². The number of rotatable bonds is 1. The summed E-state index contributed by atoms with van der Waals surface area (Å²) in [5, 5.41) is 2.34. The Labute approximate surface area is 79.9 Å². The Hall–Kier alpha value is -1.15. The first-order valence-corrected chi connectivity index (χ1v) is 5.65. The maximum atomic E-state index is 11.2. The highest BCUT2D eigenvalue weighted by Crippen LogP contribution is 2.16. The normalized spacial score (nSPS) is 13.0. The van der Waals surface area contributed by atoms with Crippen molar-refractivity contribution in [2.24, 2.45) is 0 Å². The fourth-order valence-electron chi connectivity index (χ4n) is 1.35. The van der Waals surface area contributed by atoms with E-state index in [1.165, 1.54) is 5.39 Å². The highest BCUT2D eigenvalue weighted by atomic mass is 32.2. The predicted molar refractivity (Wildman–Crippen MR) is 56.3 cm³/mol. The molecule has 0 aliphatic heterocycles. The van der Waals surface area contributed by atoms with Crippen LogP contribution in [0.15, 0.2) is 47.4 Å². The van der Waals surface area contributed by atoms with Gasteiger partial charge in [-0.25, -0.2) is 0 Å². The van der Waals surface area contributed by atoms with E-state index in [4.69, 9.17) is 0 Å². The van der Waals surface area contributed by atoms with Crippen LogP contribution < -0.4 is 0 Å². The summed E-state index contributed by atoms with van der Waals surface area (Å²) in [6.07, 6.45) is 1.70. The molecule has 0 unspecified atom stereocenters. The van der Waals surface area contributed by atoms with Gasteiger partial charge in [-0.2, -0.15) is 0 Å². The zero-order chi connectivity index (χ0) is 9.26. The first-order valence-electron chi connectivity index (χ1n) is 4.09. The van der Waals surface area contributed by atoms with Gasteiger partial charge >= 0.3 is 0 Å². The van der Waals surface area contributed by atoms with Crippen LogP contribution in [0.5, 0.6) is 0 Å². The van der Waals surface area contributed by atoms with Crippen LogP contribution in [0.4, 0.5) is 0 Å². The van der Waals surface area contributed by atoms with Crippen LogP contribution >= 0.6 is 0 Å². The summed E-state index contributed by atoms with van der Waals surface area (Å²) >= 11 is 0. The van der Waals surface area contributed by atoms with Crippen molar-refractivity contribution in [2.75, 3.05) is 6.26 Å². The van der Waals surface area contributed by atoms with Crippen LogP contribution in [0.3, 0.4) is 0 Å². The number of benzene rings is 2. The number of hydrogen-bond donors (Lipinski definition) is 0. The van der Waals surface area contributed by atoms with Gasteiger partial charge in [-0.3, -0.25) is 4.21 Å². The SMILES string of the molecule is C[S@](=O)c1ccc2ccccc2c1. The van der Waals surface area contributed by atoms with Crippen molar-refractivity contribution in [3.05, 3.63) is 42.5 Å². The minimum absolute atomic E-state index is 0.885. The molecule has 0 bridgehead atoms. The Morgan fingerprint density at radius 3 is 2.38 bits per heavy atom. The molecule has 0 heterocycles. The van der Waals surface area contributed by atoms with Gasteiger partial charge in [0.2, 0.25) is 0 Å². The average molecular weight is 190 g/mol. The second-order valence-corrected chi connectivity index (χ2v) is 4.34. The Morgan fingerprint density at radius 1 is 1.00 bits per heavy atom. The largest absolute Gasteiger partial charge is 0.255 e. The van der Waals surface area contributed by atoms with Crippen LogP contribution in [0.1, 0.15) is 0 Å². The third-order valence-electron chi connectivity index (χ3n) is 2.05. The van der Waals surface area contributed by atoms with E-state index >= 15 is 0 Å². The molecule has 0 amide bonds. The van der Waals surface area contributed by atoms with Gasteiger partial charge in [0.25, 0.3) is 0 Å². The van der Waals surface area contributed by atoms with E-state index in [0.29, 0.717) is 0 Å². The van der Waals surface area contributed by atoms with Crippen LogP contribution in [0, 0.1) is 0 Å². The first kappa shape index (κ1) is 8.45. The fourth-order valence-corrected chi connectivity index (χ4v) is 1.90. The summed E-state index contributed by atoms with van der Waals surface area (Å²) in [6.45, 7) is 0. The van der Waals surface area contributed by atoms with Crippen molar-refractivity contribution in [3.8, 4) is 0 Å². The molecular formula is C11H10OS. The molecule has 1 atom stereocenters. The molecule has 66 valence electrons. The van der Waals surface area contributed by atoms with Crippen LogP contribution in [-0.4, -0.2) is 10.5 Å². The minimum atomic E-state index is -0.885. The van der Waals surface area contributed by atoms with Crippen molar-refractivity contribution >= 4 is 21.6 Å². The summed E-state index contributed by atoms with van der Waals surface area (Å²) < 4.78 is 11.2. The molecule has 0 saturated carbocycles. The molecular weight excluding hydrogens is 180 g/mol. The maximum absolute atomic E-state index is 11.2. The van der Waals surface area contributed by atoms with Gasteiger partial charge in [0.15, 0.2) is 0 Å². The Kier molecular flexibility index (Phi) is 2.15. The zero-order valence-electron chi connectivity index (χ0n) is 7.36. The Bertz CT molecular complexity index is 462. The van der Waals surface area contributed by atoms with Gasteiger partial charge in [0, 0.05) is 22.0 Å². The van der Waals surface area contributed by atoms with Crippen LogP contribution in [0.2, 0.25) is 0 Å². The third kappa shape index (κ3) is 1.63. The average Bonchev–Trinajstić information content (AvgIpc) is 2.17. The van der Waals surface area contributed by atoms with Gasteiger partial charge in [-0.1, -0.05) is 30.3 Å². The molecule has 2 heteroatoms. The second-order valence-electron chi connectivity index (χ2n) is 2.96. The summed E-state index contributed by atoms with van der Waals surface area (Å²) in [4.78, 5) is 0.888. The lowest BCUT2D eigenvalue weighted by molar-refractivity contribution is 0.687. The molecule has 2 aromatic rings.